The fourth-order valence-corrected chi connectivity index (χ4v) is 4.54. The molecular weight excluding hydrogens is 328 g/mol. The molecule has 0 heterocycles. The molecule has 0 aromatic heterocycles. The van der Waals surface area contributed by atoms with Crippen molar-refractivity contribution in [2.45, 2.75) is 39.7 Å². The van der Waals surface area contributed by atoms with E-state index in [0.29, 0.717) is 11.8 Å². The minimum absolute atomic E-state index is 0.0108. The van der Waals surface area contributed by atoms with Crippen LogP contribution in [0.4, 0.5) is 0 Å². The van der Waals surface area contributed by atoms with Crippen LogP contribution < -0.4 is 0 Å². The topological polar surface area (TPSA) is 26.3 Å². The van der Waals surface area contributed by atoms with Crippen molar-refractivity contribution in [3.63, 3.8) is 0 Å². The van der Waals surface area contributed by atoms with E-state index in [2.05, 4.69) is 29.8 Å². The summed E-state index contributed by atoms with van der Waals surface area (Å²) < 4.78 is 6.78. The van der Waals surface area contributed by atoms with E-state index in [-0.39, 0.29) is 18.0 Å². The number of ether oxygens (including phenoxy) is 1. The van der Waals surface area contributed by atoms with E-state index < -0.39 is 0 Å². The lowest BCUT2D eigenvalue weighted by molar-refractivity contribution is -0.156. The third-order valence-corrected chi connectivity index (χ3v) is 6.36. The van der Waals surface area contributed by atoms with Gasteiger partial charge >= 0.3 is 5.97 Å². The SMILES string of the molecule is CC(OC(=O)C1CC2CC1C(C)C2C)c1ccc(Br)cc1. The summed E-state index contributed by atoms with van der Waals surface area (Å²) in [6.07, 6.45) is 2.08. The zero-order valence-corrected chi connectivity index (χ0v) is 14.5. The maximum Gasteiger partial charge on any atom is 0.309 e. The van der Waals surface area contributed by atoms with Crippen molar-refractivity contribution in [3.8, 4) is 0 Å². The lowest BCUT2D eigenvalue weighted by Crippen LogP contribution is -2.31. The van der Waals surface area contributed by atoms with Crippen LogP contribution in [-0.4, -0.2) is 5.97 Å². The van der Waals surface area contributed by atoms with Crippen molar-refractivity contribution in [2.75, 3.05) is 0 Å². The number of hydrogen-bond donors (Lipinski definition) is 0. The Kier molecular flexibility index (Phi) is 4.13. The van der Waals surface area contributed by atoms with Gasteiger partial charge in [0, 0.05) is 4.47 Å². The highest BCUT2D eigenvalue weighted by Crippen LogP contribution is 2.55. The Bertz CT molecular complexity index is 523. The van der Waals surface area contributed by atoms with Gasteiger partial charge in [0.05, 0.1) is 5.92 Å². The number of carbonyl (C=O) groups excluding carboxylic acids is 1. The molecule has 114 valence electrons. The first-order valence-corrected chi connectivity index (χ1v) is 8.72. The molecule has 21 heavy (non-hydrogen) atoms. The number of halogens is 1. The molecule has 2 bridgehead atoms. The Hall–Kier alpha value is -0.830. The second-order valence-electron chi connectivity index (χ2n) is 6.85. The van der Waals surface area contributed by atoms with E-state index in [0.717, 1.165) is 28.3 Å². The molecule has 2 saturated carbocycles. The number of carbonyl (C=O) groups is 1. The van der Waals surface area contributed by atoms with Crippen LogP contribution in [0.5, 0.6) is 0 Å². The monoisotopic (exact) mass is 350 g/mol. The molecule has 3 heteroatoms. The molecule has 6 atom stereocenters. The van der Waals surface area contributed by atoms with Crippen molar-refractivity contribution in [2.24, 2.45) is 29.6 Å². The highest BCUT2D eigenvalue weighted by Gasteiger charge is 2.51. The standard InChI is InChI=1S/C18H23BrO2/c1-10-11(2)16-8-14(10)9-17(16)18(20)21-12(3)13-4-6-15(19)7-5-13/h4-7,10-12,14,16-17H,8-9H2,1-3H3. The predicted octanol–water partition coefficient (Wildman–Crippen LogP) is 4.98. The lowest BCUT2D eigenvalue weighted by atomic mass is 9.76. The summed E-state index contributed by atoms with van der Waals surface area (Å²) in [5.74, 6) is 2.82. The summed E-state index contributed by atoms with van der Waals surface area (Å²) in [7, 11) is 0. The molecule has 1 aromatic carbocycles. The second-order valence-corrected chi connectivity index (χ2v) is 7.77. The van der Waals surface area contributed by atoms with Gasteiger partial charge in [-0.25, -0.2) is 0 Å². The zero-order chi connectivity index (χ0) is 15.1. The van der Waals surface area contributed by atoms with Crippen molar-refractivity contribution >= 4 is 21.9 Å². The first kappa shape index (κ1) is 15.1. The van der Waals surface area contributed by atoms with Gasteiger partial charge in [0.2, 0.25) is 0 Å². The maximum absolute atomic E-state index is 12.5. The molecule has 0 spiro atoms. The van der Waals surface area contributed by atoms with Crippen LogP contribution in [0.15, 0.2) is 28.7 Å². The minimum atomic E-state index is -0.169. The van der Waals surface area contributed by atoms with Gasteiger partial charge < -0.3 is 4.74 Å². The van der Waals surface area contributed by atoms with Crippen LogP contribution in [0.2, 0.25) is 0 Å². The van der Waals surface area contributed by atoms with Gasteiger partial charge in [-0.3, -0.25) is 4.79 Å². The zero-order valence-electron chi connectivity index (χ0n) is 12.9. The quantitative estimate of drug-likeness (QED) is 0.718. The highest BCUT2D eigenvalue weighted by atomic mass is 79.9. The van der Waals surface area contributed by atoms with E-state index in [9.17, 15) is 4.79 Å². The van der Waals surface area contributed by atoms with Gasteiger partial charge in [-0.1, -0.05) is 41.9 Å². The van der Waals surface area contributed by atoms with Gasteiger partial charge in [0.1, 0.15) is 6.10 Å². The van der Waals surface area contributed by atoms with E-state index >= 15 is 0 Å². The minimum Gasteiger partial charge on any atom is -0.458 e. The summed E-state index contributed by atoms with van der Waals surface area (Å²) >= 11 is 3.43. The largest absolute Gasteiger partial charge is 0.458 e. The molecule has 2 fully saturated rings. The molecule has 2 aliphatic carbocycles. The third-order valence-electron chi connectivity index (χ3n) is 5.83. The van der Waals surface area contributed by atoms with Crippen molar-refractivity contribution in [1.82, 2.24) is 0 Å². The first-order valence-electron chi connectivity index (χ1n) is 7.93. The molecule has 6 unspecified atom stereocenters. The summed E-state index contributed by atoms with van der Waals surface area (Å²) in [6, 6.07) is 7.99. The Labute approximate surface area is 135 Å². The average Bonchev–Trinajstić information content (AvgIpc) is 3.00. The van der Waals surface area contributed by atoms with Gasteiger partial charge in [-0.05, 0) is 61.1 Å². The van der Waals surface area contributed by atoms with E-state index in [1.807, 2.05) is 31.2 Å². The first-order chi connectivity index (χ1) is 9.97. The molecule has 3 rings (SSSR count). The molecular formula is C18H23BrO2. The second kappa shape index (κ2) is 5.75. The molecule has 0 saturated heterocycles. The van der Waals surface area contributed by atoms with Gasteiger partial charge in [-0.2, -0.15) is 0 Å². The highest BCUT2D eigenvalue weighted by molar-refractivity contribution is 9.10. The maximum atomic E-state index is 12.5. The summed E-state index contributed by atoms with van der Waals surface area (Å²) in [5, 5.41) is 0. The predicted molar refractivity (Wildman–Crippen MR) is 86.7 cm³/mol. The Morgan fingerprint density at radius 3 is 2.43 bits per heavy atom. The van der Waals surface area contributed by atoms with E-state index in [1.165, 1.54) is 6.42 Å². The number of rotatable bonds is 3. The van der Waals surface area contributed by atoms with Crippen LogP contribution in [0.25, 0.3) is 0 Å². The van der Waals surface area contributed by atoms with E-state index in [4.69, 9.17) is 4.74 Å². The average molecular weight is 351 g/mol. The molecule has 0 aliphatic heterocycles. The molecule has 0 amide bonds. The fourth-order valence-electron chi connectivity index (χ4n) is 4.28. The third kappa shape index (κ3) is 2.77. The fraction of sp³-hybridized carbons (Fsp3) is 0.611. The van der Waals surface area contributed by atoms with Crippen molar-refractivity contribution in [1.29, 1.82) is 0 Å². The molecule has 0 N–H and O–H groups in total. The lowest BCUT2D eigenvalue weighted by Gasteiger charge is -2.31. The molecule has 1 aromatic rings. The summed E-state index contributed by atoms with van der Waals surface area (Å²) in [6.45, 7) is 6.59. The Morgan fingerprint density at radius 1 is 1.19 bits per heavy atom. The van der Waals surface area contributed by atoms with Gasteiger partial charge in [-0.15, -0.1) is 0 Å². The smallest absolute Gasteiger partial charge is 0.309 e. The number of hydrogen-bond acceptors (Lipinski definition) is 2. The number of fused-ring (bicyclic) bond motifs is 2. The van der Waals surface area contributed by atoms with Gasteiger partial charge in [0.25, 0.3) is 0 Å². The van der Waals surface area contributed by atoms with Crippen molar-refractivity contribution in [3.05, 3.63) is 34.3 Å². The van der Waals surface area contributed by atoms with Crippen LogP contribution in [0, 0.1) is 29.6 Å². The van der Waals surface area contributed by atoms with Crippen LogP contribution in [0.3, 0.4) is 0 Å². The normalized spacial score (nSPS) is 35.7. The van der Waals surface area contributed by atoms with Gasteiger partial charge in [0.15, 0.2) is 0 Å². The number of benzene rings is 1. The van der Waals surface area contributed by atoms with Crippen LogP contribution >= 0.6 is 15.9 Å². The molecule has 0 radical (unpaired) electrons. The van der Waals surface area contributed by atoms with Crippen LogP contribution in [-0.2, 0) is 9.53 Å². The Morgan fingerprint density at radius 2 is 1.86 bits per heavy atom. The van der Waals surface area contributed by atoms with Crippen molar-refractivity contribution < 1.29 is 9.53 Å². The molecule has 2 nitrogen and oxygen atoms in total. The summed E-state index contributed by atoms with van der Waals surface area (Å²) in [5.41, 5.74) is 1.05. The van der Waals surface area contributed by atoms with Crippen LogP contribution in [0.1, 0.15) is 45.3 Å². The molecule has 2 aliphatic rings. The number of esters is 1. The summed E-state index contributed by atoms with van der Waals surface area (Å²) in [4.78, 5) is 12.5. The Balaban J connectivity index is 1.63. The van der Waals surface area contributed by atoms with E-state index in [1.54, 1.807) is 0 Å².